The van der Waals surface area contributed by atoms with E-state index in [9.17, 15) is 10.1 Å². The van der Waals surface area contributed by atoms with Crippen molar-refractivity contribution in [3.8, 4) is 0 Å². The fourth-order valence-electron chi connectivity index (χ4n) is 1.76. The Balaban J connectivity index is 1.75. The van der Waals surface area contributed by atoms with Crippen LogP contribution in [-0.4, -0.2) is 26.2 Å². The molecule has 0 aliphatic heterocycles. The van der Waals surface area contributed by atoms with Crippen molar-refractivity contribution in [2.75, 3.05) is 11.9 Å². The standard InChI is InChI=1S/C12H15N5O2/c18-17(19)12-6-2-1-5-11(12)13-7-3-4-8-16-9-14-15-10-16/h1-2,5-6,9-10,13H,3-4,7-8H2. The lowest BCUT2D eigenvalue weighted by Crippen LogP contribution is -2.05. The molecule has 1 aromatic heterocycles. The molecule has 0 saturated heterocycles. The van der Waals surface area contributed by atoms with Gasteiger partial charge in [-0.05, 0) is 18.9 Å². The molecule has 100 valence electrons. The van der Waals surface area contributed by atoms with Crippen LogP contribution in [0.2, 0.25) is 0 Å². The van der Waals surface area contributed by atoms with Gasteiger partial charge in [0.05, 0.1) is 4.92 Å². The Morgan fingerprint density at radius 3 is 2.68 bits per heavy atom. The largest absolute Gasteiger partial charge is 0.379 e. The lowest BCUT2D eigenvalue weighted by molar-refractivity contribution is -0.384. The molecule has 0 saturated carbocycles. The third-order valence-corrected chi connectivity index (χ3v) is 2.73. The summed E-state index contributed by atoms with van der Waals surface area (Å²) >= 11 is 0. The SMILES string of the molecule is O=[N+]([O-])c1ccccc1NCCCCn1cnnc1. The number of anilines is 1. The van der Waals surface area contributed by atoms with Gasteiger partial charge >= 0.3 is 0 Å². The van der Waals surface area contributed by atoms with Crippen LogP contribution in [0.15, 0.2) is 36.9 Å². The molecule has 0 unspecified atom stereocenters. The number of benzene rings is 1. The molecule has 0 bridgehead atoms. The number of nitrogens with one attached hydrogen (secondary N) is 1. The quantitative estimate of drug-likeness (QED) is 0.468. The Kier molecular flexibility index (Phi) is 4.44. The molecule has 0 atom stereocenters. The van der Waals surface area contributed by atoms with E-state index in [1.165, 1.54) is 6.07 Å². The van der Waals surface area contributed by atoms with Gasteiger partial charge in [0.2, 0.25) is 0 Å². The van der Waals surface area contributed by atoms with E-state index in [0.717, 1.165) is 19.4 Å². The van der Waals surface area contributed by atoms with Crippen LogP contribution in [-0.2, 0) is 6.54 Å². The van der Waals surface area contributed by atoms with Gasteiger partial charge in [0.1, 0.15) is 18.3 Å². The van der Waals surface area contributed by atoms with E-state index in [1.807, 2.05) is 4.57 Å². The number of nitrogens with zero attached hydrogens (tertiary/aromatic N) is 4. The molecule has 0 aliphatic carbocycles. The van der Waals surface area contributed by atoms with Gasteiger partial charge in [-0.3, -0.25) is 10.1 Å². The van der Waals surface area contributed by atoms with Gasteiger partial charge < -0.3 is 9.88 Å². The third-order valence-electron chi connectivity index (χ3n) is 2.73. The highest BCUT2D eigenvalue weighted by Gasteiger charge is 2.10. The molecular weight excluding hydrogens is 246 g/mol. The van der Waals surface area contributed by atoms with Gasteiger partial charge in [-0.1, -0.05) is 12.1 Å². The van der Waals surface area contributed by atoms with Gasteiger partial charge in [0.25, 0.3) is 5.69 Å². The zero-order chi connectivity index (χ0) is 13.5. The van der Waals surface area contributed by atoms with Crippen molar-refractivity contribution in [3.63, 3.8) is 0 Å². The number of hydrogen-bond donors (Lipinski definition) is 1. The summed E-state index contributed by atoms with van der Waals surface area (Å²) in [7, 11) is 0. The van der Waals surface area contributed by atoms with E-state index >= 15 is 0 Å². The smallest absolute Gasteiger partial charge is 0.292 e. The number of hydrogen-bond acceptors (Lipinski definition) is 5. The van der Waals surface area contributed by atoms with Crippen molar-refractivity contribution >= 4 is 11.4 Å². The molecule has 1 heterocycles. The molecule has 1 N–H and O–H groups in total. The van der Waals surface area contributed by atoms with E-state index in [-0.39, 0.29) is 10.6 Å². The van der Waals surface area contributed by atoms with Crippen LogP contribution in [0.5, 0.6) is 0 Å². The highest BCUT2D eigenvalue weighted by atomic mass is 16.6. The number of nitro groups is 1. The Bertz CT molecular complexity index is 527. The molecule has 2 aromatic rings. The van der Waals surface area contributed by atoms with Crippen molar-refractivity contribution in [2.24, 2.45) is 0 Å². The third kappa shape index (κ3) is 3.77. The molecule has 19 heavy (non-hydrogen) atoms. The number of aryl methyl sites for hydroxylation is 1. The van der Waals surface area contributed by atoms with Crippen LogP contribution < -0.4 is 5.32 Å². The van der Waals surface area contributed by atoms with Gasteiger partial charge in [-0.15, -0.1) is 10.2 Å². The summed E-state index contributed by atoms with van der Waals surface area (Å²) in [5.41, 5.74) is 0.679. The Morgan fingerprint density at radius 2 is 1.95 bits per heavy atom. The van der Waals surface area contributed by atoms with Crippen LogP contribution in [0, 0.1) is 10.1 Å². The maximum Gasteiger partial charge on any atom is 0.292 e. The molecular formula is C12H15N5O2. The minimum absolute atomic E-state index is 0.112. The first-order chi connectivity index (χ1) is 9.27. The molecule has 2 rings (SSSR count). The highest BCUT2D eigenvalue weighted by Crippen LogP contribution is 2.22. The molecule has 7 nitrogen and oxygen atoms in total. The second-order valence-electron chi connectivity index (χ2n) is 4.11. The monoisotopic (exact) mass is 261 g/mol. The van der Waals surface area contributed by atoms with Crippen LogP contribution in [0.1, 0.15) is 12.8 Å². The Morgan fingerprint density at radius 1 is 1.21 bits per heavy atom. The molecule has 0 spiro atoms. The van der Waals surface area contributed by atoms with E-state index in [1.54, 1.807) is 30.9 Å². The normalized spacial score (nSPS) is 10.3. The summed E-state index contributed by atoms with van der Waals surface area (Å²) in [6, 6.07) is 6.67. The van der Waals surface area contributed by atoms with Gasteiger partial charge in [-0.2, -0.15) is 0 Å². The van der Waals surface area contributed by atoms with E-state index in [4.69, 9.17) is 0 Å². The minimum Gasteiger partial charge on any atom is -0.379 e. The fraction of sp³-hybridized carbons (Fsp3) is 0.333. The zero-order valence-corrected chi connectivity index (χ0v) is 10.4. The maximum absolute atomic E-state index is 10.8. The zero-order valence-electron chi connectivity index (χ0n) is 10.4. The minimum atomic E-state index is -0.376. The Labute approximate surface area is 110 Å². The first-order valence-electron chi connectivity index (χ1n) is 6.07. The summed E-state index contributed by atoms with van der Waals surface area (Å²) in [4.78, 5) is 10.4. The number of unbranched alkanes of at least 4 members (excludes halogenated alkanes) is 1. The van der Waals surface area contributed by atoms with Crippen molar-refractivity contribution < 1.29 is 4.92 Å². The molecule has 0 fully saturated rings. The van der Waals surface area contributed by atoms with E-state index in [0.29, 0.717) is 12.2 Å². The average Bonchev–Trinajstić information content (AvgIpc) is 2.92. The molecule has 0 amide bonds. The van der Waals surface area contributed by atoms with Gasteiger partial charge in [-0.25, -0.2) is 0 Å². The molecule has 0 aliphatic rings. The topological polar surface area (TPSA) is 85.9 Å². The average molecular weight is 261 g/mol. The predicted octanol–water partition coefficient (Wildman–Crippen LogP) is 2.08. The summed E-state index contributed by atoms with van der Waals surface area (Å²) in [5.74, 6) is 0. The fourth-order valence-corrected chi connectivity index (χ4v) is 1.76. The van der Waals surface area contributed by atoms with E-state index in [2.05, 4.69) is 15.5 Å². The predicted molar refractivity (Wildman–Crippen MR) is 70.8 cm³/mol. The number of nitro benzene ring substituents is 1. The van der Waals surface area contributed by atoms with Crippen LogP contribution in [0.4, 0.5) is 11.4 Å². The van der Waals surface area contributed by atoms with Crippen molar-refractivity contribution in [2.45, 2.75) is 19.4 Å². The van der Waals surface area contributed by atoms with Crippen molar-refractivity contribution in [1.82, 2.24) is 14.8 Å². The van der Waals surface area contributed by atoms with E-state index < -0.39 is 0 Å². The highest BCUT2D eigenvalue weighted by molar-refractivity contribution is 5.60. The summed E-state index contributed by atoms with van der Waals surface area (Å²) in [6.45, 7) is 1.55. The van der Waals surface area contributed by atoms with Crippen molar-refractivity contribution in [3.05, 3.63) is 47.0 Å². The number of aromatic nitrogens is 3. The van der Waals surface area contributed by atoms with Crippen molar-refractivity contribution in [1.29, 1.82) is 0 Å². The second-order valence-corrected chi connectivity index (χ2v) is 4.11. The van der Waals surface area contributed by atoms with Gasteiger partial charge in [0.15, 0.2) is 0 Å². The lowest BCUT2D eigenvalue weighted by Gasteiger charge is -2.06. The number of rotatable bonds is 7. The van der Waals surface area contributed by atoms with Crippen LogP contribution in [0.3, 0.4) is 0 Å². The molecule has 1 aromatic carbocycles. The summed E-state index contributed by atoms with van der Waals surface area (Å²) in [5, 5.41) is 21.4. The van der Waals surface area contributed by atoms with Gasteiger partial charge in [0, 0.05) is 19.2 Å². The summed E-state index contributed by atoms with van der Waals surface area (Å²) in [6.07, 6.45) is 5.24. The maximum atomic E-state index is 10.8. The van der Waals surface area contributed by atoms with Crippen LogP contribution >= 0.6 is 0 Å². The summed E-state index contributed by atoms with van der Waals surface area (Å²) < 4.78 is 1.91. The molecule has 0 radical (unpaired) electrons. The first kappa shape index (κ1) is 13.0. The van der Waals surface area contributed by atoms with Crippen LogP contribution in [0.25, 0.3) is 0 Å². The Hall–Kier alpha value is -2.44. The molecule has 7 heteroatoms. The first-order valence-corrected chi connectivity index (χ1v) is 6.07. The second kappa shape index (κ2) is 6.48. The lowest BCUT2D eigenvalue weighted by atomic mass is 10.2. The number of para-hydroxylation sites is 2.